The fourth-order valence-corrected chi connectivity index (χ4v) is 4.83. The quantitative estimate of drug-likeness (QED) is 0.125. The summed E-state index contributed by atoms with van der Waals surface area (Å²) in [6.07, 6.45) is 5.15. The Bertz CT molecular complexity index is 777. The van der Waals surface area contributed by atoms with E-state index in [9.17, 15) is 21.6 Å². The first-order valence-corrected chi connectivity index (χ1v) is 15.3. The first kappa shape index (κ1) is 36.7. The van der Waals surface area contributed by atoms with E-state index >= 15 is 0 Å². The molecule has 0 amide bonds. The fraction of sp³-hybridized carbons (Fsp3) is 0.750. The van der Waals surface area contributed by atoms with Gasteiger partial charge in [0.25, 0.3) is 15.9 Å². The van der Waals surface area contributed by atoms with E-state index in [1.165, 1.54) is 24.2 Å². The summed E-state index contributed by atoms with van der Waals surface area (Å²) in [6.45, 7) is 13.4. The van der Waals surface area contributed by atoms with Gasteiger partial charge in [0.1, 0.15) is 5.69 Å². The second kappa shape index (κ2) is 19.6. The Labute approximate surface area is 219 Å². The molecule has 0 aromatic heterocycles. The van der Waals surface area contributed by atoms with Gasteiger partial charge < -0.3 is 4.55 Å². The van der Waals surface area contributed by atoms with Crippen LogP contribution in [0.3, 0.4) is 0 Å². The highest BCUT2D eigenvalue weighted by Crippen LogP contribution is 2.39. The highest BCUT2D eigenvalue weighted by molar-refractivity contribution is 7.99. The van der Waals surface area contributed by atoms with Crippen molar-refractivity contribution in [3.05, 3.63) is 23.8 Å². The average Bonchev–Trinajstić information content (AvgIpc) is 2.98. The Morgan fingerprint density at radius 3 is 2.03 bits per heavy atom. The van der Waals surface area contributed by atoms with Gasteiger partial charge in [-0.1, -0.05) is 51.8 Å². The van der Waals surface area contributed by atoms with Gasteiger partial charge in [-0.25, -0.2) is 0 Å². The van der Waals surface area contributed by atoms with E-state index in [-0.39, 0.29) is 17.2 Å². The molecule has 2 atom stereocenters. The van der Waals surface area contributed by atoms with E-state index in [1.807, 2.05) is 19.1 Å². The van der Waals surface area contributed by atoms with Gasteiger partial charge >= 0.3 is 0 Å². The highest BCUT2D eigenvalue weighted by Gasteiger charge is 2.46. The van der Waals surface area contributed by atoms with Gasteiger partial charge in [-0.2, -0.15) is 17.2 Å². The van der Waals surface area contributed by atoms with Crippen molar-refractivity contribution in [2.24, 2.45) is 0 Å². The van der Waals surface area contributed by atoms with Crippen LogP contribution in [0.5, 0.6) is 0 Å². The van der Waals surface area contributed by atoms with E-state index in [2.05, 4.69) is 34.6 Å². The van der Waals surface area contributed by atoms with E-state index < -0.39 is 15.9 Å². The third kappa shape index (κ3) is 14.8. The summed E-state index contributed by atoms with van der Waals surface area (Å²) < 4.78 is 72.9. The molecular formula is C24H45F3NO4S3+. The third-order valence-electron chi connectivity index (χ3n) is 5.80. The van der Waals surface area contributed by atoms with E-state index in [4.69, 9.17) is 9.11 Å². The number of nitrogens with one attached hydrogen (secondary N) is 1. The number of unbranched alkanes of at least 4 members (excludes halogenated alkanes) is 3. The number of benzene rings is 1. The molecule has 5 nitrogen and oxygen atoms in total. The first-order valence-electron chi connectivity index (χ1n) is 11.9. The molecule has 0 saturated heterocycles. The first-order chi connectivity index (χ1) is 16.3. The molecule has 0 spiro atoms. The van der Waals surface area contributed by atoms with Gasteiger partial charge in [-0.3, -0.25) is 13.8 Å². The van der Waals surface area contributed by atoms with Crippen LogP contribution in [0, 0.1) is 0 Å². The summed E-state index contributed by atoms with van der Waals surface area (Å²) in [5, 5.41) is 0. The lowest BCUT2D eigenvalue weighted by Crippen LogP contribution is -3.10. The zero-order valence-electron chi connectivity index (χ0n) is 22.1. The van der Waals surface area contributed by atoms with Crippen molar-refractivity contribution >= 4 is 39.6 Å². The molecule has 1 aromatic carbocycles. The molecule has 35 heavy (non-hydrogen) atoms. The largest absolute Gasteiger partial charge is 0.330 e. The molecule has 1 aliphatic heterocycles. The summed E-state index contributed by atoms with van der Waals surface area (Å²) in [5.74, 6) is -1.87. The zero-order valence-corrected chi connectivity index (χ0v) is 24.6. The van der Waals surface area contributed by atoms with Crippen LogP contribution in [0.2, 0.25) is 0 Å². The number of rotatable bonds is 10. The standard InChI is InChI=1S/C16H23F2NO3S2.C5H12.C2H6OS.CH3F/c1-11-16(2,3)13-10-12(23-15(17)18)6-7-14(13)19(11)8-4-5-9-24(20,21)22;1-3-5-4-2;1-2-4-3;1-2/h6-7,10-11,15H,4-5,8-9H2,1-3H3,(H,20,21,22);3-5H2,1-2H3;3H,2H2,1H3;1H3/p+1. The van der Waals surface area contributed by atoms with Crippen molar-refractivity contribution in [2.45, 2.75) is 95.8 Å². The number of hydrogen-bond donors (Lipinski definition) is 3. The molecule has 0 radical (unpaired) electrons. The zero-order chi connectivity index (χ0) is 27.7. The predicted molar refractivity (Wildman–Crippen MR) is 145 cm³/mol. The van der Waals surface area contributed by atoms with E-state index in [1.54, 1.807) is 6.07 Å². The normalized spacial score (nSPS) is 17.9. The summed E-state index contributed by atoms with van der Waals surface area (Å²) in [7, 11) is -3.42. The maximum Gasteiger partial charge on any atom is 0.288 e. The summed E-state index contributed by atoms with van der Waals surface area (Å²) in [6, 6.07) is 5.74. The van der Waals surface area contributed by atoms with Crippen LogP contribution in [0.1, 0.15) is 79.2 Å². The minimum atomic E-state index is -3.92. The molecule has 1 heterocycles. The summed E-state index contributed by atoms with van der Waals surface area (Å²) in [5.41, 5.74) is 2.02. The highest BCUT2D eigenvalue weighted by atomic mass is 32.2. The molecule has 3 N–H and O–H groups in total. The number of quaternary nitrogens is 1. The van der Waals surface area contributed by atoms with Crippen LogP contribution < -0.4 is 4.90 Å². The van der Waals surface area contributed by atoms with Crippen LogP contribution in [0.25, 0.3) is 0 Å². The molecule has 208 valence electrons. The number of alkyl halides is 3. The molecule has 2 unspecified atom stereocenters. The van der Waals surface area contributed by atoms with E-state index in [0.29, 0.717) is 36.7 Å². The summed E-state index contributed by atoms with van der Waals surface area (Å²) in [4.78, 5) is 1.80. The molecule has 0 bridgehead atoms. The maximum absolute atomic E-state index is 12.6. The Hall–Kier alpha value is -0.460. The molecule has 0 fully saturated rings. The van der Waals surface area contributed by atoms with Crippen molar-refractivity contribution < 1.29 is 35.6 Å². The summed E-state index contributed by atoms with van der Waals surface area (Å²) >= 11 is 1.41. The SMILES string of the molecule is CC1[NH+](CCCCS(=O)(=O)O)c2ccc(SC(F)F)cc2C1(C)C.CCCCC.CCSO.CF. The predicted octanol–water partition coefficient (Wildman–Crippen LogP) is 6.86. The van der Waals surface area contributed by atoms with Crippen LogP contribution in [-0.4, -0.2) is 54.6 Å². The van der Waals surface area contributed by atoms with Crippen LogP contribution >= 0.6 is 23.8 Å². The minimum Gasteiger partial charge on any atom is -0.330 e. The fourth-order valence-electron chi connectivity index (χ4n) is 3.72. The minimum absolute atomic E-state index is 0.146. The topological polar surface area (TPSA) is 79.0 Å². The van der Waals surface area contributed by atoms with Gasteiger partial charge in [0.15, 0.2) is 0 Å². The van der Waals surface area contributed by atoms with Crippen molar-refractivity contribution in [2.75, 3.05) is 25.2 Å². The molecule has 11 heteroatoms. The van der Waals surface area contributed by atoms with Crippen molar-refractivity contribution in [3.8, 4) is 0 Å². The molecule has 0 aliphatic carbocycles. The van der Waals surface area contributed by atoms with Gasteiger partial charge in [0.05, 0.1) is 25.5 Å². The Morgan fingerprint density at radius 2 is 1.63 bits per heavy atom. The second-order valence-corrected chi connectivity index (χ2v) is 12.0. The number of fused-ring (bicyclic) bond motifs is 1. The van der Waals surface area contributed by atoms with Crippen LogP contribution in [0.15, 0.2) is 23.1 Å². The van der Waals surface area contributed by atoms with Gasteiger partial charge in [0, 0.05) is 27.7 Å². The molecular weight excluding hydrogens is 519 g/mol. The van der Waals surface area contributed by atoms with Gasteiger partial charge in [-0.15, -0.1) is 0 Å². The van der Waals surface area contributed by atoms with Crippen LogP contribution in [0.4, 0.5) is 18.9 Å². The smallest absolute Gasteiger partial charge is 0.288 e. The maximum atomic E-state index is 12.6. The molecule has 1 aromatic rings. The lowest BCUT2D eigenvalue weighted by Gasteiger charge is -2.26. The number of halogens is 3. The van der Waals surface area contributed by atoms with Crippen LogP contribution in [-0.2, 0) is 15.5 Å². The van der Waals surface area contributed by atoms with Gasteiger partial charge in [0.2, 0.25) is 0 Å². The Morgan fingerprint density at radius 1 is 1.09 bits per heavy atom. The number of hydrogen-bond acceptors (Lipinski definition) is 5. The van der Waals surface area contributed by atoms with Crippen molar-refractivity contribution in [1.82, 2.24) is 0 Å². The third-order valence-corrected chi connectivity index (χ3v) is 7.56. The molecule has 2 rings (SSSR count). The van der Waals surface area contributed by atoms with Crippen molar-refractivity contribution in [1.29, 1.82) is 0 Å². The monoisotopic (exact) mass is 564 g/mol. The Kier molecular flexibility index (Phi) is 20.6. The molecule has 1 aliphatic rings. The second-order valence-electron chi connectivity index (χ2n) is 8.57. The lowest BCUT2D eigenvalue weighted by molar-refractivity contribution is -0.856. The van der Waals surface area contributed by atoms with Gasteiger partial charge in [-0.05, 0) is 57.8 Å². The van der Waals surface area contributed by atoms with E-state index in [0.717, 1.165) is 35.6 Å². The average molecular weight is 565 g/mol. The Balaban J connectivity index is 0. The number of thioether (sulfide) groups is 1. The lowest BCUT2D eigenvalue weighted by atomic mass is 9.81. The molecule has 0 saturated carbocycles. The van der Waals surface area contributed by atoms with Crippen molar-refractivity contribution in [3.63, 3.8) is 0 Å².